The third kappa shape index (κ3) is 2.06. The zero-order valence-electron chi connectivity index (χ0n) is 10.3. The summed E-state index contributed by atoms with van der Waals surface area (Å²) in [5.41, 5.74) is 9.36. The van der Waals surface area contributed by atoms with Crippen molar-refractivity contribution in [3.63, 3.8) is 0 Å². The molecule has 2 N–H and O–H groups in total. The van der Waals surface area contributed by atoms with Crippen LogP contribution in [0.15, 0.2) is 47.2 Å². The number of fused-ring (bicyclic) bond motifs is 1. The first kappa shape index (κ1) is 12.0. The Labute approximate surface area is 118 Å². The highest BCUT2D eigenvalue weighted by Crippen LogP contribution is 2.29. The van der Waals surface area contributed by atoms with E-state index in [4.69, 9.17) is 10.5 Å². The molecule has 0 fully saturated rings. The number of rotatable bonds is 2. The van der Waals surface area contributed by atoms with Gasteiger partial charge in [0.2, 0.25) is 0 Å². The van der Waals surface area contributed by atoms with Crippen LogP contribution in [0.1, 0.15) is 0 Å². The number of methoxy groups -OCH3 is 1. The Balaban J connectivity index is 2.19. The van der Waals surface area contributed by atoms with Crippen molar-refractivity contribution in [3.05, 3.63) is 47.2 Å². The predicted octanol–water partition coefficient (Wildman–Crippen LogP) is 3.38. The predicted molar refractivity (Wildman–Crippen MR) is 79.7 cm³/mol. The maximum atomic E-state index is 5.76. The standard InChI is InChI=1S/C14H12BrN3O/c1-19-14-7-10(3-4-11(14)15)18-8-17-12-6-9(16)2-5-13(12)18/h2-8H,16H2,1H3. The number of hydrogen-bond donors (Lipinski definition) is 1. The van der Waals surface area contributed by atoms with Crippen molar-refractivity contribution in [2.24, 2.45) is 0 Å². The Morgan fingerprint density at radius 3 is 2.84 bits per heavy atom. The molecule has 3 aromatic rings. The number of aromatic nitrogens is 2. The number of benzene rings is 2. The third-order valence-corrected chi connectivity index (χ3v) is 3.64. The molecule has 0 spiro atoms. The van der Waals surface area contributed by atoms with E-state index in [1.165, 1.54) is 0 Å². The quantitative estimate of drug-likeness (QED) is 0.737. The minimum absolute atomic E-state index is 0.714. The molecule has 1 aromatic heterocycles. The lowest BCUT2D eigenvalue weighted by Crippen LogP contribution is -1.94. The van der Waals surface area contributed by atoms with Gasteiger partial charge < -0.3 is 10.5 Å². The Morgan fingerprint density at radius 1 is 1.21 bits per heavy atom. The van der Waals surface area contributed by atoms with E-state index in [9.17, 15) is 0 Å². The van der Waals surface area contributed by atoms with Gasteiger partial charge in [-0.1, -0.05) is 0 Å². The average molecular weight is 318 g/mol. The number of nitrogens with zero attached hydrogens (tertiary/aromatic N) is 2. The van der Waals surface area contributed by atoms with E-state index in [1.807, 2.05) is 41.0 Å². The van der Waals surface area contributed by atoms with Gasteiger partial charge in [-0.15, -0.1) is 0 Å². The summed E-state index contributed by atoms with van der Waals surface area (Å²) in [4.78, 5) is 4.36. The van der Waals surface area contributed by atoms with Gasteiger partial charge in [0.05, 0.1) is 28.3 Å². The number of hydrogen-bond acceptors (Lipinski definition) is 3. The van der Waals surface area contributed by atoms with Gasteiger partial charge in [-0.25, -0.2) is 4.98 Å². The van der Waals surface area contributed by atoms with Crippen LogP contribution in [0.25, 0.3) is 16.7 Å². The molecular weight excluding hydrogens is 306 g/mol. The van der Waals surface area contributed by atoms with Crippen molar-refractivity contribution < 1.29 is 4.74 Å². The minimum Gasteiger partial charge on any atom is -0.495 e. The zero-order valence-corrected chi connectivity index (χ0v) is 11.9. The van der Waals surface area contributed by atoms with Crippen LogP contribution in [0.3, 0.4) is 0 Å². The Kier molecular flexibility index (Phi) is 2.91. The molecule has 2 aromatic carbocycles. The summed E-state index contributed by atoms with van der Waals surface area (Å²) in [5.74, 6) is 0.787. The molecule has 0 aliphatic rings. The second-order valence-electron chi connectivity index (χ2n) is 4.18. The number of nitrogens with two attached hydrogens (primary N) is 1. The number of halogens is 1. The highest BCUT2D eigenvalue weighted by atomic mass is 79.9. The first-order chi connectivity index (χ1) is 9.19. The fourth-order valence-electron chi connectivity index (χ4n) is 2.03. The molecule has 0 atom stereocenters. The van der Waals surface area contributed by atoms with Crippen LogP contribution in [-0.4, -0.2) is 16.7 Å². The summed E-state index contributed by atoms with van der Waals surface area (Å²) in [5, 5.41) is 0. The maximum absolute atomic E-state index is 5.76. The van der Waals surface area contributed by atoms with E-state index < -0.39 is 0 Å². The van der Waals surface area contributed by atoms with Crippen LogP contribution in [0, 0.1) is 0 Å². The topological polar surface area (TPSA) is 53.1 Å². The summed E-state index contributed by atoms with van der Waals surface area (Å²) in [6, 6.07) is 11.6. The first-order valence-corrected chi connectivity index (χ1v) is 6.55. The van der Waals surface area contributed by atoms with Gasteiger partial charge in [-0.05, 0) is 46.3 Å². The van der Waals surface area contributed by atoms with Crippen LogP contribution in [0.4, 0.5) is 5.69 Å². The van der Waals surface area contributed by atoms with Crippen LogP contribution >= 0.6 is 15.9 Å². The number of anilines is 1. The van der Waals surface area contributed by atoms with Crippen LogP contribution in [0.5, 0.6) is 5.75 Å². The normalized spacial score (nSPS) is 10.8. The third-order valence-electron chi connectivity index (χ3n) is 2.98. The summed E-state index contributed by atoms with van der Waals surface area (Å²) >= 11 is 3.45. The van der Waals surface area contributed by atoms with E-state index in [0.717, 1.165) is 26.9 Å². The maximum Gasteiger partial charge on any atom is 0.135 e. The first-order valence-electron chi connectivity index (χ1n) is 5.75. The molecule has 96 valence electrons. The van der Waals surface area contributed by atoms with E-state index in [2.05, 4.69) is 20.9 Å². The molecule has 3 rings (SSSR count). The fraction of sp³-hybridized carbons (Fsp3) is 0.0714. The molecule has 5 heteroatoms. The van der Waals surface area contributed by atoms with E-state index in [0.29, 0.717) is 5.69 Å². The molecule has 0 bridgehead atoms. The summed E-state index contributed by atoms with van der Waals surface area (Å²) in [7, 11) is 1.65. The van der Waals surface area contributed by atoms with Crippen LogP contribution in [-0.2, 0) is 0 Å². The SMILES string of the molecule is COc1cc(-n2cnc3cc(N)ccc32)ccc1Br. The minimum atomic E-state index is 0.714. The Morgan fingerprint density at radius 2 is 2.05 bits per heavy atom. The molecule has 0 amide bonds. The lowest BCUT2D eigenvalue weighted by atomic mass is 10.2. The van der Waals surface area contributed by atoms with Crippen molar-refractivity contribution in [3.8, 4) is 11.4 Å². The van der Waals surface area contributed by atoms with Crippen molar-refractivity contribution >= 4 is 32.7 Å². The molecule has 1 heterocycles. The van der Waals surface area contributed by atoms with Gasteiger partial charge in [0, 0.05) is 11.8 Å². The smallest absolute Gasteiger partial charge is 0.135 e. The van der Waals surface area contributed by atoms with Crippen molar-refractivity contribution in [1.29, 1.82) is 0 Å². The highest BCUT2D eigenvalue weighted by Gasteiger charge is 2.07. The number of ether oxygens (including phenoxy) is 1. The number of imidazole rings is 1. The summed E-state index contributed by atoms with van der Waals surface area (Å²) in [6.07, 6.45) is 1.78. The molecule has 0 radical (unpaired) electrons. The van der Waals surface area contributed by atoms with Gasteiger partial charge in [0.1, 0.15) is 12.1 Å². The van der Waals surface area contributed by atoms with Crippen molar-refractivity contribution in [1.82, 2.24) is 9.55 Å². The molecule has 0 saturated carbocycles. The van der Waals surface area contributed by atoms with E-state index >= 15 is 0 Å². The van der Waals surface area contributed by atoms with Gasteiger partial charge >= 0.3 is 0 Å². The van der Waals surface area contributed by atoms with E-state index in [1.54, 1.807) is 13.4 Å². The molecule has 4 nitrogen and oxygen atoms in total. The van der Waals surface area contributed by atoms with E-state index in [-0.39, 0.29) is 0 Å². The highest BCUT2D eigenvalue weighted by molar-refractivity contribution is 9.10. The molecule has 0 saturated heterocycles. The van der Waals surface area contributed by atoms with Crippen LogP contribution in [0.2, 0.25) is 0 Å². The summed E-state index contributed by atoms with van der Waals surface area (Å²) in [6.45, 7) is 0. The van der Waals surface area contributed by atoms with Crippen molar-refractivity contribution in [2.45, 2.75) is 0 Å². The van der Waals surface area contributed by atoms with Gasteiger partial charge in [-0.2, -0.15) is 0 Å². The molecule has 19 heavy (non-hydrogen) atoms. The van der Waals surface area contributed by atoms with Gasteiger partial charge in [0.25, 0.3) is 0 Å². The summed E-state index contributed by atoms with van der Waals surface area (Å²) < 4.78 is 8.24. The fourth-order valence-corrected chi connectivity index (χ4v) is 2.44. The van der Waals surface area contributed by atoms with Gasteiger partial charge in [-0.3, -0.25) is 4.57 Å². The molecule has 0 aliphatic heterocycles. The molecule has 0 aliphatic carbocycles. The molecule has 0 unspecified atom stereocenters. The second-order valence-corrected chi connectivity index (χ2v) is 5.04. The monoisotopic (exact) mass is 317 g/mol. The Hall–Kier alpha value is -2.01. The average Bonchev–Trinajstić information content (AvgIpc) is 2.82. The van der Waals surface area contributed by atoms with Gasteiger partial charge in [0.15, 0.2) is 0 Å². The second kappa shape index (κ2) is 4.59. The zero-order chi connectivity index (χ0) is 13.4. The van der Waals surface area contributed by atoms with Crippen molar-refractivity contribution in [2.75, 3.05) is 12.8 Å². The largest absolute Gasteiger partial charge is 0.495 e. The molecular formula is C14H12BrN3O. The van der Waals surface area contributed by atoms with Crippen LogP contribution < -0.4 is 10.5 Å². The number of nitrogen functional groups attached to an aromatic ring is 1. The lowest BCUT2D eigenvalue weighted by Gasteiger charge is -2.08. The lowest BCUT2D eigenvalue weighted by molar-refractivity contribution is 0.412. The Bertz CT molecular complexity index is 752.